The van der Waals surface area contributed by atoms with Crippen LogP contribution < -0.4 is 21.4 Å². The van der Waals surface area contributed by atoms with Crippen molar-refractivity contribution in [1.29, 1.82) is 0 Å². The third-order valence-corrected chi connectivity index (χ3v) is 6.74. The van der Waals surface area contributed by atoms with Gasteiger partial charge in [0, 0.05) is 37.4 Å². The van der Waals surface area contributed by atoms with Crippen molar-refractivity contribution in [3.05, 3.63) is 56.0 Å². The Balaban J connectivity index is 2.00. The second-order valence-electron chi connectivity index (χ2n) is 8.82. The van der Waals surface area contributed by atoms with Crippen molar-refractivity contribution in [2.75, 3.05) is 30.0 Å². The minimum absolute atomic E-state index is 0.0229. The number of pyridine rings is 2. The van der Waals surface area contributed by atoms with Crippen LogP contribution in [0.3, 0.4) is 0 Å². The number of hydrogen-bond acceptors (Lipinski definition) is 9. The Kier molecular flexibility index (Phi) is 6.98. The number of carbonyl (C=O) groups is 1. The number of nitrogens with one attached hydrogen (secondary N) is 1. The first kappa shape index (κ1) is 26.9. The molecule has 0 saturated carbocycles. The van der Waals surface area contributed by atoms with E-state index >= 15 is 4.39 Å². The molecule has 198 valence electrons. The maximum Gasteiger partial charge on any atom is 0.359 e. The lowest BCUT2D eigenvalue weighted by Gasteiger charge is -2.43. The molecule has 3 N–H and O–H groups in total. The molecule has 1 aromatic carbocycles. The number of halogens is 4. The molecule has 37 heavy (non-hydrogen) atoms. The van der Waals surface area contributed by atoms with Crippen LogP contribution in [0.2, 0.25) is 0 Å². The van der Waals surface area contributed by atoms with E-state index in [1.807, 2.05) is 13.8 Å². The second kappa shape index (κ2) is 9.61. The van der Waals surface area contributed by atoms with E-state index in [1.165, 1.54) is 0 Å². The largest absolute Gasteiger partial charge is 0.381 e. The molecule has 1 aliphatic heterocycles. The Morgan fingerprint density at radius 2 is 1.86 bits per heavy atom. The predicted molar refractivity (Wildman–Crippen MR) is 134 cm³/mol. The first-order valence-corrected chi connectivity index (χ1v) is 13.4. The quantitative estimate of drug-likeness (QED) is 0.407. The number of aromatic nitrogens is 2. The van der Waals surface area contributed by atoms with Crippen molar-refractivity contribution in [3.63, 3.8) is 0 Å². The van der Waals surface area contributed by atoms with Gasteiger partial charge in [-0.25, -0.2) is 22.9 Å². The summed E-state index contributed by atoms with van der Waals surface area (Å²) in [5.74, 6) is -6.09. The van der Waals surface area contributed by atoms with Crippen LogP contribution in [0.15, 0.2) is 27.6 Å². The van der Waals surface area contributed by atoms with Gasteiger partial charge in [0.2, 0.25) is 5.43 Å². The molecule has 10 nitrogen and oxygen atoms in total. The van der Waals surface area contributed by atoms with E-state index in [0.29, 0.717) is 25.4 Å². The van der Waals surface area contributed by atoms with E-state index in [-0.39, 0.29) is 27.8 Å². The number of benzene rings is 1. The van der Waals surface area contributed by atoms with Crippen molar-refractivity contribution in [3.8, 4) is 5.82 Å². The van der Waals surface area contributed by atoms with Gasteiger partial charge >= 0.3 is 16.1 Å². The highest BCUT2D eigenvalue weighted by molar-refractivity contribution is 9.10. The van der Waals surface area contributed by atoms with Gasteiger partial charge in [0.05, 0.1) is 27.3 Å². The summed E-state index contributed by atoms with van der Waals surface area (Å²) in [6, 6.07) is 1.57. The van der Waals surface area contributed by atoms with Crippen LogP contribution in [0.1, 0.15) is 24.2 Å². The fraction of sp³-hybridized carbons (Fsp3) is 0.318. The minimum Gasteiger partial charge on any atom is -0.381 e. The van der Waals surface area contributed by atoms with Crippen LogP contribution in [0.4, 0.5) is 24.7 Å². The molecule has 0 unspecified atom stereocenters. The van der Waals surface area contributed by atoms with Gasteiger partial charge in [0.15, 0.2) is 23.3 Å². The summed E-state index contributed by atoms with van der Waals surface area (Å²) < 4.78 is 72.2. The summed E-state index contributed by atoms with van der Waals surface area (Å²) in [7, 11) is -4.34. The van der Waals surface area contributed by atoms with Crippen LogP contribution in [0.5, 0.6) is 0 Å². The van der Waals surface area contributed by atoms with Gasteiger partial charge in [-0.2, -0.15) is 8.42 Å². The van der Waals surface area contributed by atoms with E-state index < -0.39 is 61.6 Å². The summed E-state index contributed by atoms with van der Waals surface area (Å²) in [5.41, 5.74) is 3.53. The molecular formula is C22H21BrF3N5O5S. The SMILES string of the molecule is CC(C)NC1CN(c2c(F)cc3c(=O)c(C(=O)OS(C)(=O)=O)cn(-c4nc(N)c(F)cc4F)c3c2Br)C1. The summed E-state index contributed by atoms with van der Waals surface area (Å²) in [6.07, 6.45) is 1.37. The zero-order valence-electron chi connectivity index (χ0n) is 19.7. The first-order chi connectivity index (χ1) is 17.2. The molecule has 3 heterocycles. The highest BCUT2D eigenvalue weighted by Crippen LogP contribution is 2.39. The number of anilines is 2. The molecule has 0 aliphatic carbocycles. The van der Waals surface area contributed by atoms with E-state index in [2.05, 4.69) is 30.4 Å². The Morgan fingerprint density at radius 1 is 1.22 bits per heavy atom. The summed E-state index contributed by atoms with van der Waals surface area (Å²) in [5, 5.41) is 2.90. The molecule has 1 saturated heterocycles. The van der Waals surface area contributed by atoms with Crippen molar-refractivity contribution in [1.82, 2.24) is 14.9 Å². The second-order valence-corrected chi connectivity index (χ2v) is 11.2. The molecule has 0 spiro atoms. The van der Waals surface area contributed by atoms with Crippen LogP contribution in [0, 0.1) is 17.5 Å². The lowest BCUT2D eigenvalue weighted by molar-refractivity contribution is 0.0746. The fourth-order valence-corrected chi connectivity index (χ4v) is 5.28. The Bertz CT molecular complexity index is 1610. The number of nitrogens with zero attached hydrogens (tertiary/aromatic N) is 3. The predicted octanol–water partition coefficient (Wildman–Crippen LogP) is 2.45. The molecule has 0 atom stereocenters. The van der Waals surface area contributed by atoms with Crippen molar-refractivity contribution >= 4 is 54.4 Å². The number of fused-ring (bicyclic) bond motifs is 1. The number of nitrogen functional groups attached to an aromatic ring is 1. The number of carbonyl (C=O) groups excluding carboxylic acids is 1. The maximum atomic E-state index is 15.3. The lowest BCUT2D eigenvalue weighted by atomic mass is 10.0. The monoisotopic (exact) mass is 603 g/mol. The summed E-state index contributed by atoms with van der Waals surface area (Å²) in [6.45, 7) is 4.79. The van der Waals surface area contributed by atoms with Crippen molar-refractivity contribution in [2.24, 2.45) is 0 Å². The van der Waals surface area contributed by atoms with Crippen LogP contribution in [-0.2, 0) is 14.3 Å². The Hall–Kier alpha value is -3.17. The smallest absolute Gasteiger partial charge is 0.359 e. The molecule has 0 radical (unpaired) electrons. The molecule has 0 bridgehead atoms. The van der Waals surface area contributed by atoms with Gasteiger partial charge in [-0.1, -0.05) is 13.8 Å². The molecule has 1 fully saturated rings. The molecular weight excluding hydrogens is 583 g/mol. The zero-order chi connectivity index (χ0) is 27.4. The summed E-state index contributed by atoms with van der Waals surface area (Å²) in [4.78, 5) is 31.1. The average Bonchev–Trinajstić information content (AvgIpc) is 2.73. The van der Waals surface area contributed by atoms with E-state index in [9.17, 15) is 26.8 Å². The normalized spacial score (nSPS) is 14.3. The van der Waals surface area contributed by atoms with Crippen LogP contribution in [-0.4, -0.2) is 55.4 Å². The highest BCUT2D eigenvalue weighted by Gasteiger charge is 2.33. The van der Waals surface area contributed by atoms with E-state index in [4.69, 9.17) is 5.73 Å². The molecule has 3 aromatic rings. The minimum atomic E-state index is -4.34. The van der Waals surface area contributed by atoms with Crippen molar-refractivity contribution < 1.29 is 30.6 Å². The van der Waals surface area contributed by atoms with Gasteiger partial charge < -0.3 is 20.1 Å². The molecule has 1 aliphatic rings. The van der Waals surface area contributed by atoms with Gasteiger partial charge in [-0.05, 0) is 22.0 Å². The fourth-order valence-electron chi connectivity index (χ4n) is 4.07. The van der Waals surface area contributed by atoms with Crippen molar-refractivity contribution in [2.45, 2.75) is 25.9 Å². The Morgan fingerprint density at radius 3 is 2.46 bits per heavy atom. The molecule has 15 heteroatoms. The highest BCUT2D eigenvalue weighted by atomic mass is 79.9. The zero-order valence-corrected chi connectivity index (χ0v) is 22.1. The number of nitrogens with two attached hydrogens (primary N) is 1. The van der Waals surface area contributed by atoms with Gasteiger partial charge in [-0.3, -0.25) is 9.36 Å². The van der Waals surface area contributed by atoms with Gasteiger partial charge in [0.25, 0.3) is 0 Å². The number of hydrogen-bond donors (Lipinski definition) is 2. The van der Waals surface area contributed by atoms with Crippen LogP contribution in [0.25, 0.3) is 16.7 Å². The van der Waals surface area contributed by atoms with Gasteiger partial charge in [0.1, 0.15) is 11.4 Å². The molecule has 4 rings (SSSR count). The van der Waals surface area contributed by atoms with Crippen LogP contribution >= 0.6 is 15.9 Å². The third kappa shape index (κ3) is 5.15. The summed E-state index contributed by atoms with van der Waals surface area (Å²) >= 11 is 3.30. The molecule has 2 aromatic heterocycles. The first-order valence-electron chi connectivity index (χ1n) is 10.8. The topological polar surface area (TPSA) is 137 Å². The van der Waals surface area contributed by atoms with Gasteiger partial charge in [-0.15, -0.1) is 0 Å². The Labute approximate surface area is 217 Å². The van der Waals surface area contributed by atoms with E-state index in [0.717, 1.165) is 16.8 Å². The maximum absolute atomic E-state index is 15.3. The molecule has 0 amide bonds. The standard InChI is InChI=1S/C22H21BrF3N5O5S/c1-9(2)28-10-6-30(7-10)18-13(24)4-11-17(16(18)23)31(21-15(26)5-14(25)20(27)29-21)8-12(19(11)32)22(33)36-37(3,34)35/h4-5,8-10,28H,6-7H2,1-3H3,(H2,27,29). The third-order valence-electron chi connectivity index (χ3n) is 5.54. The number of rotatable bonds is 6. The van der Waals surface area contributed by atoms with E-state index in [1.54, 1.807) is 4.90 Å². The average molecular weight is 604 g/mol. The lowest BCUT2D eigenvalue weighted by Crippen LogP contribution is -2.59.